The Morgan fingerprint density at radius 1 is 1.62 bits per heavy atom. The van der Waals surface area contributed by atoms with Crippen LogP contribution in [0.2, 0.25) is 0 Å². The van der Waals surface area contributed by atoms with Gasteiger partial charge in [0.05, 0.1) is 0 Å². The van der Waals surface area contributed by atoms with Crippen molar-refractivity contribution in [2.75, 3.05) is 36.1 Å². The predicted octanol–water partition coefficient (Wildman–Crippen LogP) is -0.0337. The van der Waals surface area contributed by atoms with E-state index < -0.39 is 10.8 Å². The minimum Gasteiger partial charge on any atom is -0.355 e. The van der Waals surface area contributed by atoms with E-state index >= 15 is 0 Å². The molecular weight excluding hydrogens is 244 g/mol. The van der Waals surface area contributed by atoms with Crippen molar-refractivity contribution in [1.82, 2.24) is 10.6 Å². The van der Waals surface area contributed by atoms with E-state index in [1.165, 1.54) is 0 Å². The van der Waals surface area contributed by atoms with Crippen molar-refractivity contribution in [3.8, 4) is 0 Å². The van der Waals surface area contributed by atoms with E-state index in [1.807, 2.05) is 18.7 Å². The lowest BCUT2D eigenvalue weighted by atomic mass is 10.2. The van der Waals surface area contributed by atoms with Gasteiger partial charge in [0.2, 0.25) is 5.91 Å². The lowest BCUT2D eigenvalue weighted by Gasteiger charge is -2.22. The Hall–Kier alpha value is -0.0700. The van der Waals surface area contributed by atoms with E-state index in [0.717, 1.165) is 18.1 Å². The molecule has 0 saturated carbocycles. The van der Waals surface area contributed by atoms with Crippen molar-refractivity contribution in [2.24, 2.45) is 0 Å². The molecule has 0 aliphatic carbocycles. The fourth-order valence-electron chi connectivity index (χ4n) is 1.50. The van der Waals surface area contributed by atoms with Crippen LogP contribution >= 0.6 is 11.8 Å². The average molecular weight is 264 g/mol. The van der Waals surface area contributed by atoms with Gasteiger partial charge in [0.15, 0.2) is 0 Å². The molecule has 0 aromatic rings. The molecule has 0 spiro atoms. The molecule has 0 aromatic carbocycles. The van der Waals surface area contributed by atoms with Crippen LogP contribution in [-0.2, 0) is 15.6 Å². The lowest BCUT2D eigenvalue weighted by Crippen LogP contribution is -2.41. The molecule has 0 bridgehead atoms. The summed E-state index contributed by atoms with van der Waals surface area (Å²) in [6.07, 6.45) is 0.533. The van der Waals surface area contributed by atoms with Gasteiger partial charge in [-0.2, -0.15) is 11.8 Å². The van der Waals surface area contributed by atoms with Crippen LogP contribution in [0.3, 0.4) is 0 Å². The summed E-state index contributed by atoms with van der Waals surface area (Å²) in [5, 5.41) is 6.13. The standard InChI is InChI=1S/C10H20N2O2S2/c1-2-16(14)6-4-12-10(13)7-9-8-15-5-3-11-9/h9,11H,2-8H2,1H3,(H,12,13). The summed E-state index contributed by atoms with van der Waals surface area (Å²) in [6.45, 7) is 3.41. The number of carbonyl (C=O) groups excluding carboxylic acids is 1. The topological polar surface area (TPSA) is 58.2 Å². The van der Waals surface area contributed by atoms with E-state index in [2.05, 4.69) is 10.6 Å². The third-order valence-electron chi connectivity index (χ3n) is 2.40. The first-order valence-corrected chi connectivity index (χ1v) is 8.29. The second-order valence-electron chi connectivity index (χ2n) is 3.71. The largest absolute Gasteiger partial charge is 0.355 e. The van der Waals surface area contributed by atoms with E-state index in [0.29, 0.717) is 30.5 Å². The smallest absolute Gasteiger partial charge is 0.221 e. The normalized spacial score (nSPS) is 22.7. The van der Waals surface area contributed by atoms with Gasteiger partial charge in [-0.05, 0) is 0 Å². The second kappa shape index (κ2) is 8.08. The Kier molecular flexibility index (Phi) is 7.07. The molecule has 16 heavy (non-hydrogen) atoms. The van der Waals surface area contributed by atoms with Crippen molar-refractivity contribution < 1.29 is 9.00 Å². The van der Waals surface area contributed by atoms with E-state index in [-0.39, 0.29) is 5.91 Å². The van der Waals surface area contributed by atoms with Crippen molar-refractivity contribution in [2.45, 2.75) is 19.4 Å². The molecule has 1 heterocycles. The Labute approximate surface area is 104 Å². The Bertz CT molecular complexity index is 243. The maximum Gasteiger partial charge on any atom is 0.221 e. The lowest BCUT2D eigenvalue weighted by molar-refractivity contribution is -0.121. The fourth-order valence-corrected chi connectivity index (χ4v) is 3.06. The van der Waals surface area contributed by atoms with E-state index in [4.69, 9.17) is 0 Å². The summed E-state index contributed by atoms with van der Waals surface area (Å²) in [7, 11) is -0.785. The molecule has 0 radical (unpaired) electrons. The van der Waals surface area contributed by atoms with Gasteiger partial charge in [-0.1, -0.05) is 6.92 Å². The average Bonchev–Trinajstić information content (AvgIpc) is 2.30. The molecule has 94 valence electrons. The molecule has 1 rings (SSSR count). The van der Waals surface area contributed by atoms with Gasteiger partial charge in [-0.3, -0.25) is 9.00 Å². The number of amides is 1. The molecule has 4 nitrogen and oxygen atoms in total. The third kappa shape index (κ3) is 5.86. The molecular formula is C10H20N2O2S2. The first-order chi connectivity index (χ1) is 7.72. The highest BCUT2D eigenvalue weighted by atomic mass is 32.2. The molecule has 1 saturated heterocycles. The second-order valence-corrected chi connectivity index (χ2v) is 6.73. The number of thioether (sulfide) groups is 1. The van der Waals surface area contributed by atoms with E-state index in [1.54, 1.807) is 0 Å². The molecule has 1 aliphatic heterocycles. The Morgan fingerprint density at radius 3 is 3.06 bits per heavy atom. The number of hydrogen-bond acceptors (Lipinski definition) is 4. The molecule has 2 N–H and O–H groups in total. The Morgan fingerprint density at radius 2 is 2.44 bits per heavy atom. The van der Waals surface area contributed by atoms with Crippen LogP contribution in [0.5, 0.6) is 0 Å². The van der Waals surface area contributed by atoms with Crippen LogP contribution in [0.1, 0.15) is 13.3 Å². The molecule has 6 heteroatoms. The molecule has 2 atom stereocenters. The van der Waals surface area contributed by atoms with Gasteiger partial charge in [0.25, 0.3) is 0 Å². The summed E-state index contributed by atoms with van der Waals surface area (Å²) >= 11 is 1.89. The van der Waals surface area contributed by atoms with E-state index in [9.17, 15) is 9.00 Å². The summed E-state index contributed by atoms with van der Waals surface area (Å²) in [4.78, 5) is 11.5. The van der Waals surface area contributed by atoms with Gasteiger partial charge in [-0.25, -0.2) is 0 Å². The minimum atomic E-state index is -0.785. The highest BCUT2D eigenvalue weighted by molar-refractivity contribution is 7.99. The van der Waals surface area contributed by atoms with Crippen LogP contribution in [0, 0.1) is 0 Å². The molecule has 2 unspecified atom stereocenters. The maximum absolute atomic E-state index is 11.5. The number of rotatable bonds is 6. The van der Waals surface area contributed by atoms with Gasteiger partial charge >= 0.3 is 0 Å². The van der Waals surface area contributed by atoms with Crippen molar-refractivity contribution in [3.63, 3.8) is 0 Å². The van der Waals surface area contributed by atoms with Gasteiger partial charge in [-0.15, -0.1) is 0 Å². The zero-order chi connectivity index (χ0) is 11.8. The highest BCUT2D eigenvalue weighted by Gasteiger charge is 2.16. The molecule has 1 aliphatic rings. The van der Waals surface area contributed by atoms with Gasteiger partial charge in [0, 0.05) is 59.4 Å². The zero-order valence-corrected chi connectivity index (χ0v) is 11.3. The third-order valence-corrected chi connectivity index (χ3v) is 4.84. The van der Waals surface area contributed by atoms with Crippen molar-refractivity contribution in [3.05, 3.63) is 0 Å². The SMILES string of the molecule is CCS(=O)CCNC(=O)CC1CSCCN1. The van der Waals surface area contributed by atoms with Crippen LogP contribution < -0.4 is 10.6 Å². The summed E-state index contributed by atoms with van der Waals surface area (Å²) < 4.78 is 11.1. The van der Waals surface area contributed by atoms with Crippen LogP contribution in [0.4, 0.5) is 0 Å². The molecule has 0 aromatic heterocycles. The number of hydrogen-bond donors (Lipinski definition) is 2. The first-order valence-electron chi connectivity index (χ1n) is 5.65. The Balaban J connectivity index is 2.08. The fraction of sp³-hybridized carbons (Fsp3) is 0.900. The number of carbonyl (C=O) groups is 1. The van der Waals surface area contributed by atoms with Gasteiger partial charge in [0.1, 0.15) is 0 Å². The summed E-state index contributed by atoms with van der Waals surface area (Å²) in [6, 6.07) is 0.301. The molecule has 1 amide bonds. The predicted molar refractivity (Wildman–Crippen MR) is 70.3 cm³/mol. The quantitative estimate of drug-likeness (QED) is 0.707. The van der Waals surface area contributed by atoms with Crippen LogP contribution in [0.25, 0.3) is 0 Å². The summed E-state index contributed by atoms with van der Waals surface area (Å²) in [5.74, 6) is 3.43. The van der Waals surface area contributed by atoms with Crippen LogP contribution in [-0.4, -0.2) is 52.3 Å². The molecule has 1 fully saturated rings. The van der Waals surface area contributed by atoms with Gasteiger partial charge < -0.3 is 10.6 Å². The summed E-state index contributed by atoms with van der Waals surface area (Å²) in [5.41, 5.74) is 0. The monoisotopic (exact) mass is 264 g/mol. The van der Waals surface area contributed by atoms with Crippen molar-refractivity contribution >= 4 is 28.5 Å². The maximum atomic E-state index is 11.5. The van der Waals surface area contributed by atoms with Crippen molar-refractivity contribution in [1.29, 1.82) is 0 Å². The van der Waals surface area contributed by atoms with Crippen LogP contribution in [0.15, 0.2) is 0 Å². The zero-order valence-electron chi connectivity index (χ0n) is 9.66. The highest BCUT2D eigenvalue weighted by Crippen LogP contribution is 2.09. The number of nitrogens with one attached hydrogen (secondary N) is 2. The first kappa shape index (κ1) is 14.0. The minimum absolute atomic E-state index is 0.0631.